The van der Waals surface area contributed by atoms with Crippen molar-refractivity contribution in [3.8, 4) is 0 Å². The van der Waals surface area contributed by atoms with E-state index in [1.54, 1.807) is 0 Å². The van der Waals surface area contributed by atoms with Crippen LogP contribution in [0.2, 0.25) is 0 Å². The molecule has 1 fully saturated rings. The van der Waals surface area contributed by atoms with Gasteiger partial charge in [-0.15, -0.1) is 0 Å². The Hall–Kier alpha value is -0.820. The van der Waals surface area contributed by atoms with Crippen LogP contribution >= 0.6 is 0 Å². The highest BCUT2D eigenvalue weighted by Gasteiger charge is 2.40. The van der Waals surface area contributed by atoms with Crippen molar-refractivity contribution in [2.75, 3.05) is 6.61 Å². The van der Waals surface area contributed by atoms with Crippen molar-refractivity contribution < 1.29 is 4.74 Å². The van der Waals surface area contributed by atoms with Crippen LogP contribution in [-0.4, -0.2) is 6.61 Å². The second kappa shape index (κ2) is 2.60. The van der Waals surface area contributed by atoms with Crippen molar-refractivity contribution in [2.24, 2.45) is 0 Å². The molecule has 0 radical (unpaired) electrons. The summed E-state index contributed by atoms with van der Waals surface area (Å²) in [5.41, 5.74) is 2.75. The molecule has 1 aliphatic rings. The van der Waals surface area contributed by atoms with E-state index < -0.39 is 0 Å². The maximum atomic E-state index is 5.38. The lowest BCUT2D eigenvalue weighted by Crippen LogP contribution is -2.02. The van der Waals surface area contributed by atoms with E-state index in [0.29, 0.717) is 0 Å². The van der Waals surface area contributed by atoms with E-state index in [1.807, 2.05) is 0 Å². The number of benzene rings is 1. The van der Waals surface area contributed by atoms with Crippen LogP contribution in [0.25, 0.3) is 0 Å². The van der Waals surface area contributed by atoms with Crippen LogP contribution in [0.4, 0.5) is 0 Å². The Labute approximate surface area is 73.4 Å². The van der Waals surface area contributed by atoms with E-state index in [2.05, 4.69) is 38.1 Å². The third-order valence-electron chi connectivity index (χ3n) is 2.52. The second-order valence-electron chi connectivity index (χ2n) is 3.57. The minimum Gasteiger partial charge on any atom is -0.365 e. The van der Waals surface area contributed by atoms with Crippen molar-refractivity contribution in [1.82, 2.24) is 0 Å². The van der Waals surface area contributed by atoms with Gasteiger partial charge in [-0.2, -0.15) is 0 Å². The van der Waals surface area contributed by atoms with Gasteiger partial charge >= 0.3 is 0 Å². The molecule has 1 aliphatic heterocycles. The molecule has 2 rings (SSSR count). The van der Waals surface area contributed by atoms with Gasteiger partial charge in [0.1, 0.15) is 5.60 Å². The van der Waals surface area contributed by atoms with Crippen molar-refractivity contribution in [3.05, 3.63) is 35.4 Å². The maximum Gasteiger partial charge on any atom is 0.114 e. The quantitative estimate of drug-likeness (QED) is 0.609. The van der Waals surface area contributed by atoms with Gasteiger partial charge in [-0.3, -0.25) is 0 Å². The number of hydrogen-bond acceptors (Lipinski definition) is 1. The molecule has 0 N–H and O–H groups in total. The molecular formula is C11H14O. The van der Waals surface area contributed by atoms with Crippen molar-refractivity contribution in [3.63, 3.8) is 0 Å². The molecule has 1 aromatic carbocycles. The fraction of sp³-hybridized carbons (Fsp3) is 0.455. The third-order valence-corrected chi connectivity index (χ3v) is 2.52. The Balaban J connectivity index is 2.32. The number of ether oxygens (including phenoxy) is 1. The smallest absolute Gasteiger partial charge is 0.114 e. The van der Waals surface area contributed by atoms with Crippen LogP contribution in [-0.2, 0) is 16.8 Å². The van der Waals surface area contributed by atoms with Crippen molar-refractivity contribution >= 4 is 0 Å². The largest absolute Gasteiger partial charge is 0.365 e. The Morgan fingerprint density at radius 3 is 2.83 bits per heavy atom. The number of aryl methyl sites for hydroxylation is 1. The lowest BCUT2D eigenvalue weighted by molar-refractivity contribution is 0.329. The summed E-state index contributed by atoms with van der Waals surface area (Å²) in [6, 6.07) is 8.66. The van der Waals surface area contributed by atoms with E-state index in [1.165, 1.54) is 11.1 Å². The lowest BCUT2D eigenvalue weighted by Gasteiger charge is -2.06. The van der Waals surface area contributed by atoms with Gasteiger partial charge in [0.05, 0.1) is 6.61 Å². The molecule has 0 amide bonds. The zero-order chi connectivity index (χ0) is 8.60. The summed E-state index contributed by atoms with van der Waals surface area (Å²) in [6.45, 7) is 5.19. The Bertz CT molecular complexity index is 287. The first-order valence-corrected chi connectivity index (χ1v) is 4.48. The minimum absolute atomic E-state index is 0.0329. The van der Waals surface area contributed by atoms with Crippen LogP contribution in [0.5, 0.6) is 0 Å². The summed E-state index contributed by atoms with van der Waals surface area (Å²) in [5, 5.41) is 0. The molecule has 1 aromatic rings. The summed E-state index contributed by atoms with van der Waals surface area (Å²) in [6.07, 6.45) is 1.10. The van der Waals surface area contributed by atoms with Crippen LogP contribution in [0.3, 0.4) is 0 Å². The average Bonchev–Trinajstić information content (AvgIpc) is 2.85. The third kappa shape index (κ3) is 1.25. The van der Waals surface area contributed by atoms with E-state index in [0.717, 1.165) is 13.0 Å². The predicted molar refractivity (Wildman–Crippen MR) is 49.1 cm³/mol. The molecule has 0 aliphatic carbocycles. The highest BCUT2D eigenvalue weighted by atomic mass is 16.6. The molecule has 0 bridgehead atoms. The average molecular weight is 162 g/mol. The summed E-state index contributed by atoms with van der Waals surface area (Å²) >= 11 is 0. The fourth-order valence-electron chi connectivity index (χ4n) is 1.40. The van der Waals surface area contributed by atoms with Crippen LogP contribution in [0.1, 0.15) is 25.0 Å². The van der Waals surface area contributed by atoms with Gasteiger partial charge in [-0.1, -0.05) is 31.2 Å². The number of rotatable bonds is 2. The number of hydrogen-bond donors (Lipinski definition) is 0. The highest BCUT2D eigenvalue weighted by Crippen LogP contribution is 2.37. The molecule has 1 nitrogen and oxygen atoms in total. The van der Waals surface area contributed by atoms with Crippen LogP contribution in [0, 0.1) is 0 Å². The maximum absolute atomic E-state index is 5.38. The van der Waals surface area contributed by atoms with Gasteiger partial charge in [0, 0.05) is 0 Å². The molecule has 0 spiro atoms. The van der Waals surface area contributed by atoms with Gasteiger partial charge < -0.3 is 4.74 Å². The molecule has 1 saturated heterocycles. The molecular weight excluding hydrogens is 148 g/mol. The lowest BCUT2D eigenvalue weighted by atomic mass is 9.99. The summed E-state index contributed by atoms with van der Waals surface area (Å²) in [5.74, 6) is 0. The van der Waals surface area contributed by atoms with Crippen LogP contribution < -0.4 is 0 Å². The van der Waals surface area contributed by atoms with E-state index >= 15 is 0 Å². The second-order valence-corrected chi connectivity index (χ2v) is 3.57. The SMILES string of the molecule is CCc1cccc(C2(C)CO2)c1. The highest BCUT2D eigenvalue weighted by molar-refractivity contribution is 5.30. The van der Waals surface area contributed by atoms with Gasteiger partial charge in [-0.25, -0.2) is 0 Å². The first-order chi connectivity index (χ1) is 5.74. The Kier molecular flexibility index (Phi) is 1.69. The fourth-order valence-corrected chi connectivity index (χ4v) is 1.40. The van der Waals surface area contributed by atoms with Gasteiger partial charge in [-0.05, 0) is 24.5 Å². The molecule has 64 valence electrons. The van der Waals surface area contributed by atoms with Crippen molar-refractivity contribution in [1.29, 1.82) is 0 Å². The Morgan fingerprint density at radius 2 is 2.25 bits per heavy atom. The normalized spacial score (nSPS) is 27.2. The zero-order valence-electron chi connectivity index (χ0n) is 7.63. The zero-order valence-corrected chi connectivity index (χ0v) is 7.63. The minimum atomic E-state index is 0.0329. The summed E-state index contributed by atoms with van der Waals surface area (Å²) in [7, 11) is 0. The van der Waals surface area contributed by atoms with Crippen LogP contribution in [0.15, 0.2) is 24.3 Å². The standard InChI is InChI=1S/C11H14O/c1-3-9-5-4-6-10(7-9)11(2)8-12-11/h4-7H,3,8H2,1-2H3. The summed E-state index contributed by atoms with van der Waals surface area (Å²) < 4.78 is 5.38. The molecule has 0 aromatic heterocycles. The first kappa shape index (κ1) is 7.81. The number of epoxide rings is 1. The molecule has 1 unspecified atom stereocenters. The summed E-state index contributed by atoms with van der Waals surface area (Å²) in [4.78, 5) is 0. The Morgan fingerprint density at radius 1 is 1.50 bits per heavy atom. The molecule has 0 saturated carbocycles. The van der Waals surface area contributed by atoms with E-state index in [-0.39, 0.29) is 5.60 Å². The van der Waals surface area contributed by atoms with Crippen molar-refractivity contribution in [2.45, 2.75) is 25.9 Å². The molecule has 1 heteroatoms. The monoisotopic (exact) mass is 162 g/mol. The van der Waals surface area contributed by atoms with E-state index in [9.17, 15) is 0 Å². The van der Waals surface area contributed by atoms with E-state index in [4.69, 9.17) is 4.74 Å². The topological polar surface area (TPSA) is 12.5 Å². The molecule has 1 atom stereocenters. The molecule has 1 heterocycles. The first-order valence-electron chi connectivity index (χ1n) is 4.48. The van der Waals surface area contributed by atoms with Gasteiger partial charge in [0.15, 0.2) is 0 Å². The predicted octanol–water partition coefficient (Wildman–Crippen LogP) is 2.49. The van der Waals surface area contributed by atoms with Gasteiger partial charge in [0.2, 0.25) is 0 Å². The molecule has 12 heavy (non-hydrogen) atoms. The van der Waals surface area contributed by atoms with Gasteiger partial charge in [0.25, 0.3) is 0 Å².